The largest absolute Gasteiger partial charge is 0.368 e. The van der Waals surface area contributed by atoms with E-state index in [1.54, 1.807) is 13.3 Å². The molecule has 2 N–H and O–H groups in total. The van der Waals surface area contributed by atoms with Gasteiger partial charge in [0.1, 0.15) is 0 Å². The summed E-state index contributed by atoms with van der Waals surface area (Å²) in [6.07, 6.45) is 4.63. The van der Waals surface area contributed by atoms with Crippen LogP contribution in [0.5, 0.6) is 0 Å². The molecule has 0 heterocycles. The molecule has 0 bridgehead atoms. The van der Waals surface area contributed by atoms with E-state index in [-0.39, 0.29) is 0 Å². The summed E-state index contributed by atoms with van der Waals surface area (Å²) >= 11 is 0. The smallest absolute Gasteiger partial charge is 0.214 e. The van der Waals surface area contributed by atoms with Crippen LogP contribution in [0, 0.1) is 0 Å². The van der Waals surface area contributed by atoms with Crippen molar-refractivity contribution in [3.8, 4) is 0 Å². The quantitative estimate of drug-likeness (QED) is 0.472. The van der Waals surface area contributed by atoms with Crippen molar-refractivity contribution in [3.05, 3.63) is 11.6 Å². The standard InChI is InChI=1S/C8H15N3/c1-4-7(2)5-6-11-8(9)10-3/h5-6H,4H2,1-3H3,(H2,9,10)/b7-5+,11-6-. The van der Waals surface area contributed by atoms with Crippen LogP contribution in [0.2, 0.25) is 0 Å². The maximum Gasteiger partial charge on any atom is 0.214 e. The summed E-state index contributed by atoms with van der Waals surface area (Å²) in [5.74, 6) is 0.310. The summed E-state index contributed by atoms with van der Waals surface area (Å²) in [7, 11) is 1.61. The number of allylic oxidation sites excluding steroid dienone is 2. The fourth-order valence-electron chi connectivity index (χ4n) is 0.416. The van der Waals surface area contributed by atoms with Crippen LogP contribution in [-0.4, -0.2) is 19.2 Å². The van der Waals surface area contributed by atoms with E-state index in [9.17, 15) is 0 Å². The number of nitrogens with zero attached hydrogens (tertiary/aromatic N) is 2. The molecule has 0 aliphatic carbocycles. The molecule has 0 radical (unpaired) electrons. The summed E-state index contributed by atoms with van der Waals surface area (Å²) in [6.45, 7) is 4.14. The van der Waals surface area contributed by atoms with Gasteiger partial charge in [-0.1, -0.05) is 12.5 Å². The molecule has 62 valence electrons. The molecule has 0 aliphatic rings. The zero-order valence-corrected chi connectivity index (χ0v) is 7.33. The molecule has 0 saturated heterocycles. The molecule has 0 aliphatic heterocycles. The van der Waals surface area contributed by atoms with Crippen molar-refractivity contribution in [2.45, 2.75) is 20.3 Å². The number of nitrogens with two attached hydrogens (primary N) is 1. The zero-order valence-electron chi connectivity index (χ0n) is 7.33. The Kier molecular flexibility index (Phi) is 5.07. The van der Waals surface area contributed by atoms with Gasteiger partial charge >= 0.3 is 0 Å². The average Bonchev–Trinajstić information content (AvgIpc) is 2.04. The van der Waals surface area contributed by atoms with Crippen LogP contribution in [0.25, 0.3) is 0 Å². The Morgan fingerprint density at radius 1 is 1.55 bits per heavy atom. The second kappa shape index (κ2) is 5.65. The van der Waals surface area contributed by atoms with E-state index < -0.39 is 0 Å². The maximum atomic E-state index is 5.32. The van der Waals surface area contributed by atoms with Crippen molar-refractivity contribution in [2.75, 3.05) is 7.05 Å². The Bertz CT molecular complexity index is 190. The molecule has 3 heteroatoms. The van der Waals surface area contributed by atoms with Crippen molar-refractivity contribution >= 4 is 12.2 Å². The zero-order chi connectivity index (χ0) is 8.69. The highest BCUT2D eigenvalue weighted by atomic mass is 15.0. The molecule has 0 fully saturated rings. The number of aliphatic imine (C=N–C) groups is 2. The molecule has 0 unspecified atom stereocenters. The SMILES string of the molecule is CC/C(C)=C/C=N\C(N)=N/C. The lowest BCUT2D eigenvalue weighted by Crippen LogP contribution is -2.07. The fourth-order valence-corrected chi connectivity index (χ4v) is 0.416. The van der Waals surface area contributed by atoms with Gasteiger partial charge in [-0.2, -0.15) is 0 Å². The first-order chi connectivity index (χ1) is 5.20. The lowest BCUT2D eigenvalue weighted by Gasteiger charge is -1.89. The molecule has 0 rings (SSSR count). The van der Waals surface area contributed by atoms with Gasteiger partial charge in [-0.3, -0.25) is 4.99 Å². The molecule has 0 spiro atoms. The van der Waals surface area contributed by atoms with Gasteiger partial charge in [-0.25, -0.2) is 4.99 Å². The molecule has 0 amide bonds. The summed E-state index contributed by atoms with van der Waals surface area (Å²) in [4.78, 5) is 7.54. The Hall–Kier alpha value is -1.12. The van der Waals surface area contributed by atoms with Crippen molar-refractivity contribution in [1.82, 2.24) is 0 Å². The molecule has 0 saturated carbocycles. The van der Waals surface area contributed by atoms with Crippen LogP contribution in [0.4, 0.5) is 0 Å². The minimum Gasteiger partial charge on any atom is -0.368 e. The minimum absolute atomic E-state index is 0.310. The van der Waals surface area contributed by atoms with Gasteiger partial charge in [0, 0.05) is 13.3 Å². The molecule has 0 atom stereocenters. The van der Waals surface area contributed by atoms with Gasteiger partial charge in [-0.15, -0.1) is 0 Å². The third-order valence-electron chi connectivity index (χ3n) is 1.35. The predicted octanol–water partition coefficient (Wildman–Crippen LogP) is 1.36. The number of guanidine groups is 1. The molecule has 3 nitrogen and oxygen atoms in total. The molecule has 0 aromatic carbocycles. The second-order valence-corrected chi connectivity index (χ2v) is 2.23. The summed E-state index contributed by atoms with van der Waals surface area (Å²) in [5.41, 5.74) is 6.60. The van der Waals surface area contributed by atoms with Crippen LogP contribution in [0.1, 0.15) is 20.3 Å². The summed E-state index contributed by atoms with van der Waals surface area (Å²) in [6, 6.07) is 0. The number of hydrogen-bond donors (Lipinski definition) is 1. The van der Waals surface area contributed by atoms with Crippen molar-refractivity contribution < 1.29 is 0 Å². The Morgan fingerprint density at radius 2 is 2.18 bits per heavy atom. The first-order valence-electron chi connectivity index (χ1n) is 3.62. The van der Waals surface area contributed by atoms with E-state index in [4.69, 9.17) is 5.73 Å². The van der Waals surface area contributed by atoms with Crippen LogP contribution < -0.4 is 5.73 Å². The molecular weight excluding hydrogens is 138 g/mol. The van der Waals surface area contributed by atoms with E-state index in [2.05, 4.69) is 16.9 Å². The van der Waals surface area contributed by atoms with Gasteiger partial charge in [-0.05, 0) is 19.4 Å². The van der Waals surface area contributed by atoms with E-state index >= 15 is 0 Å². The number of rotatable bonds is 2. The lowest BCUT2D eigenvalue weighted by molar-refractivity contribution is 1.10. The molecular formula is C8H15N3. The Morgan fingerprint density at radius 3 is 2.64 bits per heavy atom. The third-order valence-corrected chi connectivity index (χ3v) is 1.35. The number of hydrogen-bond acceptors (Lipinski definition) is 1. The topological polar surface area (TPSA) is 50.7 Å². The van der Waals surface area contributed by atoms with Gasteiger partial charge in [0.05, 0.1) is 0 Å². The monoisotopic (exact) mass is 153 g/mol. The lowest BCUT2D eigenvalue weighted by atomic mass is 10.2. The Labute approximate surface area is 67.7 Å². The van der Waals surface area contributed by atoms with Crippen LogP contribution >= 0.6 is 0 Å². The summed E-state index contributed by atoms with van der Waals surface area (Å²) < 4.78 is 0. The van der Waals surface area contributed by atoms with E-state index in [1.165, 1.54) is 5.57 Å². The molecule has 0 aromatic rings. The highest BCUT2D eigenvalue weighted by Crippen LogP contribution is 1.94. The first kappa shape index (κ1) is 9.88. The van der Waals surface area contributed by atoms with Crippen molar-refractivity contribution in [3.63, 3.8) is 0 Å². The minimum atomic E-state index is 0.310. The van der Waals surface area contributed by atoms with Gasteiger partial charge in [0.2, 0.25) is 5.96 Å². The van der Waals surface area contributed by atoms with E-state index in [0.717, 1.165) is 6.42 Å². The van der Waals surface area contributed by atoms with Crippen LogP contribution in [-0.2, 0) is 0 Å². The highest BCUT2D eigenvalue weighted by Gasteiger charge is 1.80. The van der Waals surface area contributed by atoms with Gasteiger partial charge in [0.15, 0.2) is 0 Å². The van der Waals surface area contributed by atoms with Gasteiger partial charge in [0.25, 0.3) is 0 Å². The molecule has 11 heavy (non-hydrogen) atoms. The predicted molar refractivity (Wildman–Crippen MR) is 50.1 cm³/mol. The highest BCUT2D eigenvalue weighted by molar-refractivity contribution is 5.89. The van der Waals surface area contributed by atoms with Crippen LogP contribution in [0.15, 0.2) is 21.6 Å². The van der Waals surface area contributed by atoms with Crippen molar-refractivity contribution in [2.24, 2.45) is 15.7 Å². The summed E-state index contributed by atoms with van der Waals surface area (Å²) in [5, 5.41) is 0. The molecule has 0 aromatic heterocycles. The second-order valence-electron chi connectivity index (χ2n) is 2.23. The van der Waals surface area contributed by atoms with E-state index in [1.807, 2.05) is 13.0 Å². The average molecular weight is 153 g/mol. The Balaban J connectivity index is 3.96. The van der Waals surface area contributed by atoms with Gasteiger partial charge < -0.3 is 5.73 Å². The maximum absolute atomic E-state index is 5.32. The first-order valence-corrected chi connectivity index (χ1v) is 3.62. The fraction of sp³-hybridized carbons (Fsp3) is 0.500. The van der Waals surface area contributed by atoms with Crippen molar-refractivity contribution in [1.29, 1.82) is 0 Å². The normalized spacial score (nSPS) is 14.5. The third kappa shape index (κ3) is 5.33. The van der Waals surface area contributed by atoms with E-state index in [0.29, 0.717) is 5.96 Å². The van der Waals surface area contributed by atoms with Crippen LogP contribution in [0.3, 0.4) is 0 Å².